The van der Waals surface area contributed by atoms with Gasteiger partial charge in [-0.05, 0) is 50.1 Å². The normalized spacial score (nSPS) is 19.2. The zero-order valence-corrected chi connectivity index (χ0v) is 22.8. The molecule has 1 N–H and O–H groups in total. The fourth-order valence-corrected chi connectivity index (χ4v) is 5.16. The average Bonchev–Trinajstić information content (AvgIpc) is 3.30. The van der Waals surface area contributed by atoms with Crippen molar-refractivity contribution in [1.82, 2.24) is 15.1 Å². The van der Waals surface area contributed by atoms with Gasteiger partial charge in [0.1, 0.15) is 11.8 Å². The van der Waals surface area contributed by atoms with E-state index in [2.05, 4.69) is 5.32 Å². The van der Waals surface area contributed by atoms with E-state index in [1.54, 1.807) is 41.2 Å². The summed E-state index contributed by atoms with van der Waals surface area (Å²) in [5.74, 6) is 0.442. The first-order valence-corrected chi connectivity index (χ1v) is 13.1. The van der Waals surface area contributed by atoms with Crippen LogP contribution in [0.3, 0.4) is 0 Å². The molecule has 9 nitrogen and oxygen atoms in total. The maximum atomic E-state index is 13.9. The lowest BCUT2D eigenvalue weighted by atomic mass is 9.95. The van der Waals surface area contributed by atoms with Gasteiger partial charge in [-0.1, -0.05) is 25.1 Å². The number of aryl methyl sites for hydroxylation is 1. The van der Waals surface area contributed by atoms with E-state index in [1.165, 1.54) is 7.11 Å². The Morgan fingerprint density at radius 2 is 1.74 bits per heavy atom. The molecule has 9 heteroatoms. The van der Waals surface area contributed by atoms with Crippen molar-refractivity contribution in [2.75, 3.05) is 33.9 Å². The molecule has 1 spiro atoms. The number of hydrogen-bond acceptors (Lipinski definition) is 6. The first kappa shape index (κ1) is 27.4. The minimum atomic E-state index is -0.967. The number of methoxy groups -OCH3 is 2. The molecule has 38 heavy (non-hydrogen) atoms. The van der Waals surface area contributed by atoms with Crippen molar-refractivity contribution in [1.29, 1.82) is 0 Å². The predicted molar refractivity (Wildman–Crippen MR) is 142 cm³/mol. The third-order valence-corrected chi connectivity index (χ3v) is 7.62. The summed E-state index contributed by atoms with van der Waals surface area (Å²) < 4.78 is 16.9. The van der Waals surface area contributed by atoms with E-state index in [-0.39, 0.29) is 30.4 Å². The van der Waals surface area contributed by atoms with Crippen molar-refractivity contribution in [2.24, 2.45) is 0 Å². The van der Waals surface area contributed by atoms with E-state index in [0.717, 1.165) is 12.0 Å². The van der Waals surface area contributed by atoms with Crippen molar-refractivity contribution in [3.8, 4) is 11.5 Å². The number of rotatable bonds is 7. The van der Waals surface area contributed by atoms with E-state index in [4.69, 9.17) is 14.2 Å². The smallest absolute Gasteiger partial charge is 0.257 e. The Bertz CT molecular complexity index is 1190. The molecule has 2 aliphatic heterocycles. The summed E-state index contributed by atoms with van der Waals surface area (Å²) in [4.78, 5) is 43.9. The SMILES string of the molecule is CC[C@H](C)NC(=O)[C@@H]1COC2(CCN(C(=O)c3ccc(OC)c(OC)c3)CC2)N1C(=O)c1ccccc1C. The molecule has 204 valence electrons. The van der Waals surface area contributed by atoms with Crippen LogP contribution in [0.1, 0.15) is 59.4 Å². The van der Waals surface area contributed by atoms with Crippen LogP contribution in [0.15, 0.2) is 42.5 Å². The van der Waals surface area contributed by atoms with Gasteiger partial charge in [0.2, 0.25) is 5.91 Å². The van der Waals surface area contributed by atoms with Crippen molar-refractivity contribution in [3.05, 3.63) is 59.2 Å². The van der Waals surface area contributed by atoms with Crippen LogP contribution < -0.4 is 14.8 Å². The average molecular weight is 524 g/mol. The summed E-state index contributed by atoms with van der Waals surface area (Å²) in [5.41, 5.74) is 0.902. The third-order valence-electron chi connectivity index (χ3n) is 7.62. The molecule has 3 amide bonds. The zero-order chi connectivity index (χ0) is 27.4. The lowest BCUT2D eigenvalue weighted by Crippen LogP contribution is -2.60. The van der Waals surface area contributed by atoms with Gasteiger partial charge < -0.3 is 24.4 Å². The lowest BCUT2D eigenvalue weighted by molar-refractivity contribution is -0.128. The maximum absolute atomic E-state index is 13.9. The van der Waals surface area contributed by atoms with Crippen LogP contribution in [-0.2, 0) is 9.53 Å². The minimum absolute atomic E-state index is 0.0181. The van der Waals surface area contributed by atoms with Gasteiger partial charge in [0.15, 0.2) is 11.5 Å². The Labute approximate surface area is 224 Å². The Hall–Kier alpha value is -3.59. The summed E-state index contributed by atoms with van der Waals surface area (Å²) in [5, 5.41) is 3.01. The third kappa shape index (κ3) is 5.20. The Morgan fingerprint density at radius 1 is 1.05 bits per heavy atom. The van der Waals surface area contributed by atoms with Gasteiger partial charge in [-0.3, -0.25) is 19.3 Å². The highest BCUT2D eigenvalue weighted by atomic mass is 16.5. The number of nitrogens with zero attached hydrogens (tertiary/aromatic N) is 2. The minimum Gasteiger partial charge on any atom is -0.493 e. The van der Waals surface area contributed by atoms with Crippen LogP contribution >= 0.6 is 0 Å². The highest BCUT2D eigenvalue weighted by molar-refractivity contribution is 5.99. The molecule has 0 aromatic heterocycles. The summed E-state index contributed by atoms with van der Waals surface area (Å²) >= 11 is 0. The second-order valence-corrected chi connectivity index (χ2v) is 9.94. The number of ether oxygens (including phenoxy) is 3. The van der Waals surface area contributed by atoms with Crippen molar-refractivity contribution >= 4 is 17.7 Å². The quantitative estimate of drug-likeness (QED) is 0.598. The van der Waals surface area contributed by atoms with Crippen LogP contribution in [0.5, 0.6) is 11.5 Å². The van der Waals surface area contributed by atoms with Gasteiger partial charge in [0.25, 0.3) is 11.8 Å². The molecule has 2 atom stereocenters. The van der Waals surface area contributed by atoms with E-state index < -0.39 is 11.8 Å². The Morgan fingerprint density at radius 3 is 2.37 bits per heavy atom. The standard InChI is InChI=1S/C29H37N3O6/c1-6-20(3)30-26(33)23-18-38-29(32(23)28(35)22-10-8-7-9-19(22)2)13-15-31(16-14-29)27(34)21-11-12-24(36-4)25(17-21)37-5/h7-12,17,20,23H,6,13-16,18H2,1-5H3,(H,30,33)/t20-,23-/m0/s1. The molecule has 0 aliphatic carbocycles. The van der Waals surface area contributed by atoms with Crippen LogP contribution in [0.2, 0.25) is 0 Å². The summed E-state index contributed by atoms with van der Waals surface area (Å²) in [6.45, 7) is 6.70. The monoisotopic (exact) mass is 523 g/mol. The molecule has 2 aromatic carbocycles. The molecule has 2 aliphatic rings. The molecule has 2 fully saturated rings. The largest absolute Gasteiger partial charge is 0.493 e. The number of benzene rings is 2. The first-order chi connectivity index (χ1) is 18.2. The number of amides is 3. The van der Waals surface area contributed by atoms with Gasteiger partial charge in [-0.25, -0.2) is 0 Å². The van der Waals surface area contributed by atoms with Crippen LogP contribution in [0.4, 0.5) is 0 Å². The second-order valence-electron chi connectivity index (χ2n) is 9.94. The molecule has 0 radical (unpaired) electrons. The fourth-order valence-electron chi connectivity index (χ4n) is 5.16. The highest BCUT2D eigenvalue weighted by Gasteiger charge is 2.54. The fraction of sp³-hybridized carbons (Fsp3) is 0.483. The van der Waals surface area contributed by atoms with Gasteiger partial charge in [-0.2, -0.15) is 0 Å². The second kappa shape index (κ2) is 11.4. The summed E-state index contributed by atoms with van der Waals surface area (Å²) in [6, 6.07) is 11.7. The summed E-state index contributed by atoms with van der Waals surface area (Å²) in [7, 11) is 3.08. The number of hydrogen-bond donors (Lipinski definition) is 1. The van der Waals surface area contributed by atoms with Crippen molar-refractivity contribution in [2.45, 2.75) is 57.8 Å². The number of piperidine rings is 1. The van der Waals surface area contributed by atoms with Crippen LogP contribution in [0, 0.1) is 6.92 Å². The van der Waals surface area contributed by atoms with E-state index in [9.17, 15) is 14.4 Å². The molecule has 0 bridgehead atoms. The number of carbonyl (C=O) groups is 3. The van der Waals surface area contributed by atoms with E-state index >= 15 is 0 Å². The molecule has 0 saturated carbocycles. The number of carbonyl (C=O) groups excluding carboxylic acids is 3. The topological polar surface area (TPSA) is 97.4 Å². The van der Waals surface area contributed by atoms with Gasteiger partial charge in [0.05, 0.1) is 20.8 Å². The molecule has 2 saturated heterocycles. The Kier molecular flexibility index (Phi) is 8.26. The maximum Gasteiger partial charge on any atom is 0.257 e. The van der Waals surface area contributed by atoms with Gasteiger partial charge >= 0.3 is 0 Å². The molecule has 4 rings (SSSR count). The van der Waals surface area contributed by atoms with Gasteiger partial charge in [-0.15, -0.1) is 0 Å². The highest BCUT2D eigenvalue weighted by Crippen LogP contribution is 2.39. The van der Waals surface area contributed by atoms with Crippen molar-refractivity contribution in [3.63, 3.8) is 0 Å². The predicted octanol–water partition coefficient (Wildman–Crippen LogP) is 3.40. The molecular weight excluding hydrogens is 486 g/mol. The van der Waals surface area contributed by atoms with E-state index in [0.29, 0.717) is 48.6 Å². The molecule has 0 unspecified atom stereocenters. The van der Waals surface area contributed by atoms with Crippen LogP contribution in [0.25, 0.3) is 0 Å². The lowest BCUT2D eigenvalue weighted by Gasteiger charge is -2.44. The number of likely N-dealkylation sites (tertiary alicyclic amines) is 1. The Balaban J connectivity index is 1.58. The van der Waals surface area contributed by atoms with Gasteiger partial charge in [0, 0.05) is 43.1 Å². The zero-order valence-electron chi connectivity index (χ0n) is 22.8. The summed E-state index contributed by atoms with van der Waals surface area (Å²) in [6.07, 6.45) is 1.58. The molecule has 2 heterocycles. The van der Waals surface area contributed by atoms with Crippen LogP contribution in [-0.4, -0.2) is 79.2 Å². The van der Waals surface area contributed by atoms with Crippen molar-refractivity contribution < 1.29 is 28.6 Å². The number of nitrogens with one attached hydrogen (secondary N) is 1. The first-order valence-electron chi connectivity index (χ1n) is 13.1. The molecular formula is C29H37N3O6. The van der Waals surface area contributed by atoms with E-state index in [1.807, 2.05) is 39.0 Å². The molecule has 2 aromatic rings.